The van der Waals surface area contributed by atoms with E-state index < -0.39 is 13.8 Å². The molecule has 0 spiro atoms. The van der Waals surface area contributed by atoms with Crippen molar-refractivity contribution < 1.29 is 27.7 Å². The molecule has 0 saturated carbocycles. The maximum atomic E-state index is 12.7. The first-order valence-corrected chi connectivity index (χ1v) is 13.9. The van der Waals surface area contributed by atoms with Gasteiger partial charge in [-0.2, -0.15) is 0 Å². The molecular formula is C24H43O6P. The summed E-state index contributed by atoms with van der Waals surface area (Å²) in [7, 11) is -3.65. The predicted octanol–water partition coefficient (Wildman–Crippen LogP) is 7.33. The summed E-state index contributed by atoms with van der Waals surface area (Å²) in [5.41, 5.74) is 0.424. The van der Waals surface area contributed by atoms with Crippen LogP contribution in [0.25, 0.3) is 0 Å². The number of ether oxygens (including phenoxy) is 1. The van der Waals surface area contributed by atoms with Gasteiger partial charge in [0.15, 0.2) is 0 Å². The molecule has 0 aromatic rings. The number of cyclic esters (lactones) is 1. The minimum atomic E-state index is -3.65. The van der Waals surface area contributed by atoms with Crippen LogP contribution in [0.2, 0.25) is 0 Å². The number of hydrogen-bond donors (Lipinski definition) is 0. The zero-order valence-corrected chi connectivity index (χ0v) is 20.8. The van der Waals surface area contributed by atoms with Gasteiger partial charge in [-0.05, 0) is 19.3 Å². The van der Waals surface area contributed by atoms with E-state index in [2.05, 4.69) is 13.8 Å². The number of phosphoric acid groups is 1. The zero-order chi connectivity index (χ0) is 22.5. The van der Waals surface area contributed by atoms with Crippen molar-refractivity contribution in [3.8, 4) is 0 Å². The molecule has 0 amide bonds. The van der Waals surface area contributed by atoms with Gasteiger partial charge in [0.25, 0.3) is 0 Å². The van der Waals surface area contributed by atoms with Crippen LogP contribution in [0.15, 0.2) is 11.3 Å². The van der Waals surface area contributed by atoms with E-state index >= 15 is 0 Å². The van der Waals surface area contributed by atoms with Crippen molar-refractivity contribution in [2.45, 2.75) is 104 Å². The molecular weight excluding hydrogens is 415 g/mol. The molecule has 2 rings (SSSR count). The Kier molecular flexibility index (Phi) is 12.2. The molecule has 6 nitrogen and oxygen atoms in total. The summed E-state index contributed by atoms with van der Waals surface area (Å²) in [5.74, 6) is 0.544. The highest BCUT2D eigenvalue weighted by Gasteiger charge is 2.42. The summed E-state index contributed by atoms with van der Waals surface area (Å²) in [6.45, 7) is 6.95. The maximum Gasteiger partial charge on any atom is 0.529 e. The van der Waals surface area contributed by atoms with Crippen LogP contribution in [0, 0.1) is 11.8 Å². The van der Waals surface area contributed by atoms with E-state index in [0.717, 1.165) is 18.8 Å². The second-order valence-corrected chi connectivity index (χ2v) is 10.7. The Morgan fingerprint density at radius 1 is 0.968 bits per heavy atom. The average molecular weight is 459 g/mol. The normalized spacial score (nSPS) is 24.5. The van der Waals surface area contributed by atoms with Gasteiger partial charge >= 0.3 is 13.8 Å². The molecule has 7 heteroatoms. The number of hydrogen-bond acceptors (Lipinski definition) is 6. The van der Waals surface area contributed by atoms with Crippen LogP contribution in [0.5, 0.6) is 0 Å². The minimum Gasteiger partial charge on any atom is -0.461 e. The number of phosphoric ester groups is 1. The summed E-state index contributed by atoms with van der Waals surface area (Å²) in [4.78, 5) is 11.8. The number of carbonyl (C=O) groups excluding carboxylic acids is 1. The highest BCUT2D eigenvalue weighted by molar-refractivity contribution is 7.48. The molecule has 2 heterocycles. The first-order valence-electron chi connectivity index (χ1n) is 12.4. The number of carbonyl (C=O) groups is 1. The van der Waals surface area contributed by atoms with Crippen molar-refractivity contribution in [2.24, 2.45) is 11.8 Å². The average Bonchev–Trinajstić information content (AvgIpc) is 3.06. The molecule has 3 atom stereocenters. The number of fused-ring (bicyclic) bond motifs is 1. The standard InChI is InChI=1S/C24H43O6P/c1-4-20(2)16-14-12-10-8-6-5-7-9-11-13-15-17-28-31(26)29-19-22-18-27-24(25)23(22)21(3)30-31/h20,22H,4-19H2,1-3H3/t20-,22+,31+/m0/s1. The predicted molar refractivity (Wildman–Crippen MR) is 123 cm³/mol. The van der Waals surface area contributed by atoms with Crippen molar-refractivity contribution in [1.29, 1.82) is 0 Å². The van der Waals surface area contributed by atoms with Gasteiger partial charge in [0, 0.05) is 0 Å². The van der Waals surface area contributed by atoms with E-state index in [4.69, 9.17) is 18.3 Å². The molecule has 0 unspecified atom stereocenters. The van der Waals surface area contributed by atoms with Crippen LogP contribution in [0.4, 0.5) is 0 Å². The first-order chi connectivity index (χ1) is 14.9. The van der Waals surface area contributed by atoms with E-state index in [9.17, 15) is 9.36 Å². The van der Waals surface area contributed by atoms with Crippen LogP contribution in [0.3, 0.4) is 0 Å². The monoisotopic (exact) mass is 458 g/mol. The lowest BCUT2D eigenvalue weighted by Gasteiger charge is -2.17. The molecule has 1 fully saturated rings. The quantitative estimate of drug-likeness (QED) is 0.137. The highest BCUT2D eigenvalue weighted by Crippen LogP contribution is 2.54. The van der Waals surface area contributed by atoms with Gasteiger partial charge in [-0.15, -0.1) is 0 Å². The Morgan fingerprint density at radius 2 is 1.55 bits per heavy atom. The fourth-order valence-corrected chi connectivity index (χ4v) is 5.45. The van der Waals surface area contributed by atoms with Gasteiger partial charge < -0.3 is 9.26 Å². The minimum absolute atomic E-state index is 0.119. The second kappa shape index (κ2) is 14.3. The number of rotatable bonds is 16. The summed E-state index contributed by atoms with van der Waals surface area (Å²) in [6, 6.07) is 0. The van der Waals surface area contributed by atoms with Gasteiger partial charge in [-0.25, -0.2) is 9.36 Å². The molecule has 0 N–H and O–H groups in total. The fraction of sp³-hybridized carbons (Fsp3) is 0.875. The van der Waals surface area contributed by atoms with Gasteiger partial charge in [0.2, 0.25) is 0 Å². The largest absolute Gasteiger partial charge is 0.529 e. The molecule has 2 aliphatic heterocycles. The Labute approximate surface area is 189 Å². The van der Waals surface area contributed by atoms with Crippen molar-refractivity contribution >= 4 is 13.8 Å². The van der Waals surface area contributed by atoms with Gasteiger partial charge in [-0.1, -0.05) is 90.9 Å². The number of esters is 1. The Balaban J connectivity index is 1.44. The van der Waals surface area contributed by atoms with E-state index in [1.54, 1.807) is 6.92 Å². The lowest BCUT2D eigenvalue weighted by molar-refractivity contribution is -0.135. The van der Waals surface area contributed by atoms with Crippen LogP contribution >= 0.6 is 7.82 Å². The number of allylic oxidation sites excluding steroid dienone is 1. The molecule has 1 saturated heterocycles. The topological polar surface area (TPSA) is 71.1 Å². The van der Waals surface area contributed by atoms with E-state index in [0.29, 0.717) is 17.9 Å². The number of unbranched alkanes of at least 4 members (excludes halogenated alkanes) is 10. The first kappa shape index (κ1) is 26.4. The third-order valence-electron chi connectivity index (χ3n) is 6.39. The zero-order valence-electron chi connectivity index (χ0n) is 19.9. The highest BCUT2D eigenvalue weighted by atomic mass is 31.2. The van der Waals surface area contributed by atoms with Crippen LogP contribution in [-0.2, 0) is 27.7 Å². The van der Waals surface area contributed by atoms with Crippen LogP contribution < -0.4 is 0 Å². The molecule has 0 aromatic carbocycles. The summed E-state index contributed by atoms with van der Waals surface area (Å²) < 4.78 is 33.9. The van der Waals surface area contributed by atoms with Crippen molar-refractivity contribution in [3.05, 3.63) is 11.3 Å². The summed E-state index contributed by atoms with van der Waals surface area (Å²) >= 11 is 0. The SMILES string of the molecule is CC[C@H](C)CCCCCCCCCCCCCO[P@]1(=O)OC[C@H]2COC(=O)C2=C(C)O1. The van der Waals surface area contributed by atoms with Gasteiger partial charge in [-0.3, -0.25) is 9.05 Å². The molecule has 0 bridgehead atoms. The molecule has 0 aliphatic carbocycles. The summed E-state index contributed by atoms with van der Waals surface area (Å²) in [5, 5.41) is 0. The molecule has 0 radical (unpaired) electrons. The van der Waals surface area contributed by atoms with Crippen molar-refractivity contribution in [2.75, 3.05) is 19.8 Å². The Hall–Kier alpha value is -0.840. The van der Waals surface area contributed by atoms with Crippen molar-refractivity contribution in [3.63, 3.8) is 0 Å². The van der Waals surface area contributed by atoms with Gasteiger partial charge in [0.1, 0.15) is 12.4 Å². The van der Waals surface area contributed by atoms with Gasteiger partial charge in [0.05, 0.1) is 24.7 Å². The van der Waals surface area contributed by atoms with E-state index in [1.807, 2.05) is 0 Å². The third kappa shape index (κ3) is 9.67. The summed E-state index contributed by atoms with van der Waals surface area (Å²) in [6.07, 6.45) is 16.5. The van der Waals surface area contributed by atoms with E-state index in [1.165, 1.54) is 70.6 Å². The Bertz CT molecular complexity index is 617. The Morgan fingerprint density at radius 3 is 2.16 bits per heavy atom. The molecule has 2 aliphatic rings. The fourth-order valence-electron chi connectivity index (χ4n) is 4.12. The molecule has 31 heavy (non-hydrogen) atoms. The lowest BCUT2D eigenvalue weighted by Crippen LogP contribution is -2.10. The van der Waals surface area contributed by atoms with Crippen LogP contribution in [-0.4, -0.2) is 25.8 Å². The second-order valence-electron chi connectivity index (χ2n) is 9.12. The maximum absolute atomic E-state index is 12.7. The smallest absolute Gasteiger partial charge is 0.461 e. The lowest BCUT2D eigenvalue weighted by atomic mass is 9.99. The molecule has 0 aromatic heterocycles. The third-order valence-corrected chi connectivity index (χ3v) is 7.85. The molecule has 180 valence electrons. The van der Waals surface area contributed by atoms with Crippen molar-refractivity contribution in [1.82, 2.24) is 0 Å². The van der Waals surface area contributed by atoms with Crippen LogP contribution in [0.1, 0.15) is 104 Å². The van der Waals surface area contributed by atoms with E-state index in [-0.39, 0.29) is 19.1 Å².